The Morgan fingerprint density at radius 2 is 2.09 bits per heavy atom. The van der Waals surface area contributed by atoms with Gasteiger partial charge in [-0.3, -0.25) is 4.79 Å². The third-order valence-corrected chi connectivity index (χ3v) is 3.58. The van der Waals surface area contributed by atoms with Crippen molar-refractivity contribution in [3.63, 3.8) is 0 Å². The van der Waals surface area contributed by atoms with Gasteiger partial charge in [-0.15, -0.1) is 0 Å². The first-order chi connectivity index (χ1) is 11.0. The number of carbonyl (C=O) groups is 1. The zero-order valence-corrected chi connectivity index (χ0v) is 14.3. The van der Waals surface area contributed by atoms with Gasteiger partial charge in [0.05, 0.1) is 0 Å². The average Bonchev–Trinajstić information content (AvgIpc) is 2.51. The Morgan fingerprint density at radius 3 is 2.83 bits per heavy atom. The van der Waals surface area contributed by atoms with Gasteiger partial charge in [0, 0.05) is 23.5 Å². The number of hydrogen-bond acceptors (Lipinski definition) is 4. The van der Waals surface area contributed by atoms with E-state index in [2.05, 4.69) is 34.4 Å². The maximum Gasteiger partial charge on any atom is 0.270 e. The SMILES string of the molecule is Cc1ccc(Cl)cc1Nc1nccc(C(=O)NCCC(C)C)n1. The Hall–Kier alpha value is -2.14. The number of anilines is 2. The minimum atomic E-state index is -0.195. The number of nitrogens with zero attached hydrogens (tertiary/aromatic N) is 2. The Kier molecular flexibility index (Phi) is 5.93. The van der Waals surface area contributed by atoms with Gasteiger partial charge in [-0.1, -0.05) is 31.5 Å². The van der Waals surface area contributed by atoms with Crippen LogP contribution in [0.1, 0.15) is 36.3 Å². The molecule has 0 aliphatic carbocycles. The Bertz CT molecular complexity index is 688. The Balaban J connectivity index is 2.07. The minimum Gasteiger partial charge on any atom is -0.351 e. The van der Waals surface area contributed by atoms with E-state index in [0.29, 0.717) is 29.1 Å². The Labute approximate surface area is 141 Å². The van der Waals surface area contributed by atoms with Crippen LogP contribution >= 0.6 is 11.6 Å². The highest BCUT2D eigenvalue weighted by Gasteiger charge is 2.09. The highest BCUT2D eigenvalue weighted by atomic mass is 35.5. The van der Waals surface area contributed by atoms with Crippen molar-refractivity contribution in [1.82, 2.24) is 15.3 Å². The molecule has 1 aromatic heterocycles. The molecular weight excluding hydrogens is 312 g/mol. The van der Waals surface area contributed by atoms with Gasteiger partial charge in [-0.2, -0.15) is 0 Å². The van der Waals surface area contributed by atoms with Crippen molar-refractivity contribution in [2.45, 2.75) is 27.2 Å². The van der Waals surface area contributed by atoms with Crippen LogP contribution in [-0.2, 0) is 0 Å². The van der Waals surface area contributed by atoms with Crippen molar-refractivity contribution in [2.24, 2.45) is 5.92 Å². The molecule has 0 atom stereocenters. The summed E-state index contributed by atoms with van der Waals surface area (Å²) in [5, 5.41) is 6.59. The molecule has 0 bridgehead atoms. The Morgan fingerprint density at radius 1 is 1.30 bits per heavy atom. The van der Waals surface area contributed by atoms with Gasteiger partial charge >= 0.3 is 0 Å². The largest absolute Gasteiger partial charge is 0.351 e. The van der Waals surface area contributed by atoms with E-state index in [1.54, 1.807) is 18.3 Å². The van der Waals surface area contributed by atoms with Crippen LogP contribution in [0.4, 0.5) is 11.6 Å². The van der Waals surface area contributed by atoms with Gasteiger partial charge in [0.1, 0.15) is 5.69 Å². The fourth-order valence-corrected chi connectivity index (χ4v) is 2.13. The first kappa shape index (κ1) is 17.2. The van der Waals surface area contributed by atoms with Gasteiger partial charge in [-0.25, -0.2) is 9.97 Å². The zero-order chi connectivity index (χ0) is 16.8. The maximum atomic E-state index is 12.1. The third-order valence-electron chi connectivity index (χ3n) is 3.34. The molecule has 0 aliphatic rings. The second kappa shape index (κ2) is 7.92. The molecule has 23 heavy (non-hydrogen) atoms. The van der Waals surface area contributed by atoms with E-state index < -0.39 is 0 Å². The van der Waals surface area contributed by atoms with E-state index in [1.807, 2.05) is 19.1 Å². The first-order valence-electron chi connectivity index (χ1n) is 7.60. The second-order valence-corrected chi connectivity index (χ2v) is 6.22. The summed E-state index contributed by atoms with van der Waals surface area (Å²) in [5.41, 5.74) is 2.17. The van der Waals surface area contributed by atoms with Crippen molar-refractivity contribution in [2.75, 3.05) is 11.9 Å². The maximum absolute atomic E-state index is 12.1. The molecule has 2 N–H and O–H groups in total. The molecule has 2 aromatic rings. The summed E-state index contributed by atoms with van der Waals surface area (Å²) in [6.45, 7) is 6.83. The summed E-state index contributed by atoms with van der Waals surface area (Å²) in [4.78, 5) is 20.5. The van der Waals surface area contributed by atoms with Crippen molar-refractivity contribution < 1.29 is 4.79 Å². The van der Waals surface area contributed by atoms with E-state index in [0.717, 1.165) is 17.7 Å². The van der Waals surface area contributed by atoms with Gasteiger partial charge in [0.2, 0.25) is 5.95 Å². The molecule has 0 saturated heterocycles. The minimum absolute atomic E-state index is 0.195. The van der Waals surface area contributed by atoms with Crippen molar-refractivity contribution in [1.29, 1.82) is 0 Å². The quantitative estimate of drug-likeness (QED) is 0.840. The van der Waals surface area contributed by atoms with Gasteiger partial charge in [-0.05, 0) is 43.0 Å². The van der Waals surface area contributed by atoms with Crippen LogP contribution in [-0.4, -0.2) is 22.4 Å². The van der Waals surface area contributed by atoms with Crippen molar-refractivity contribution in [3.8, 4) is 0 Å². The summed E-state index contributed by atoms with van der Waals surface area (Å²) >= 11 is 6.00. The number of aryl methyl sites for hydroxylation is 1. The van der Waals surface area contributed by atoms with Crippen LogP contribution in [0.15, 0.2) is 30.5 Å². The lowest BCUT2D eigenvalue weighted by atomic mass is 10.1. The van der Waals surface area contributed by atoms with E-state index in [4.69, 9.17) is 11.6 Å². The topological polar surface area (TPSA) is 66.9 Å². The van der Waals surface area contributed by atoms with Crippen LogP contribution in [0, 0.1) is 12.8 Å². The summed E-state index contributed by atoms with van der Waals surface area (Å²) < 4.78 is 0. The number of amides is 1. The van der Waals surface area contributed by atoms with Gasteiger partial charge < -0.3 is 10.6 Å². The first-order valence-corrected chi connectivity index (χ1v) is 7.98. The number of benzene rings is 1. The summed E-state index contributed by atoms with van der Waals surface area (Å²) in [6.07, 6.45) is 2.50. The molecule has 0 saturated carbocycles. The number of nitrogens with one attached hydrogen (secondary N) is 2. The molecule has 0 radical (unpaired) electrons. The highest BCUT2D eigenvalue weighted by molar-refractivity contribution is 6.30. The monoisotopic (exact) mass is 332 g/mol. The van der Waals surface area contributed by atoms with Gasteiger partial charge in [0.25, 0.3) is 5.91 Å². The molecule has 0 aliphatic heterocycles. The molecule has 122 valence electrons. The predicted octanol–water partition coefficient (Wildman–Crippen LogP) is 3.96. The lowest BCUT2D eigenvalue weighted by Crippen LogP contribution is -2.26. The molecule has 0 spiro atoms. The average molecular weight is 333 g/mol. The van der Waals surface area contributed by atoms with Crippen LogP contribution in [0.5, 0.6) is 0 Å². The zero-order valence-electron chi connectivity index (χ0n) is 13.6. The smallest absolute Gasteiger partial charge is 0.270 e. The lowest BCUT2D eigenvalue weighted by Gasteiger charge is -2.10. The van der Waals surface area contributed by atoms with Crippen molar-refractivity contribution >= 4 is 29.1 Å². The number of carbonyl (C=O) groups excluding carboxylic acids is 1. The molecular formula is C17H21ClN4O. The van der Waals surface area contributed by atoms with Gasteiger partial charge in [0.15, 0.2) is 0 Å². The highest BCUT2D eigenvalue weighted by Crippen LogP contribution is 2.22. The second-order valence-electron chi connectivity index (χ2n) is 5.79. The lowest BCUT2D eigenvalue weighted by molar-refractivity contribution is 0.0947. The standard InChI is InChI=1S/C17H21ClN4O/c1-11(2)6-8-19-16(23)14-7-9-20-17(21-14)22-15-10-13(18)5-4-12(15)3/h4-5,7,9-11H,6,8H2,1-3H3,(H,19,23)(H,20,21,22). The van der Waals surface area contributed by atoms with E-state index >= 15 is 0 Å². The number of hydrogen-bond donors (Lipinski definition) is 2. The van der Waals surface area contributed by atoms with E-state index in [1.165, 1.54) is 0 Å². The molecule has 1 aromatic carbocycles. The van der Waals surface area contributed by atoms with Crippen LogP contribution in [0.3, 0.4) is 0 Å². The van der Waals surface area contributed by atoms with Crippen LogP contribution in [0.25, 0.3) is 0 Å². The summed E-state index contributed by atoms with van der Waals surface area (Å²) in [6, 6.07) is 7.13. The summed E-state index contributed by atoms with van der Waals surface area (Å²) in [7, 11) is 0. The van der Waals surface area contributed by atoms with Crippen molar-refractivity contribution in [3.05, 3.63) is 46.7 Å². The fourth-order valence-electron chi connectivity index (χ4n) is 1.96. The van der Waals surface area contributed by atoms with E-state index in [-0.39, 0.29) is 5.91 Å². The van der Waals surface area contributed by atoms with Crippen LogP contribution < -0.4 is 10.6 Å². The predicted molar refractivity (Wildman–Crippen MR) is 93.3 cm³/mol. The third kappa shape index (κ3) is 5.21. The molecule has 0 unspecified atom stereocenters. The number of aromatic nitrogens is 2. The molecule has 0 fully saturated rings. The molecule has 1 amide bonds. The number of rotatable bonds is 6. The molecule has 1 heterocycles. The summed E-state index contributed by atoms with van der Waals surface area (Å²) in [5.74, 6) is 0.717. The molecule has 2 rings (SSSR count). The van der Waals surface area contributed by atoms with Crippen LogP contribution in [0.2, 0.25) is 5.02 Å². The molecule has 6 heteroatoms. The van der Waals surface area contributed by atoms with E-state index in [9.17, 15) is 4.79 Å². The molecule has 5 nitrogen and oxygen atoms in total. The number of halogens is 1. The normalized spacial score (nSPS) is 10.7. The fraction of sp³-hybridized carbons (Fsp3) is 0.353.